The number of carbonyl (C=O) groups is 1. The zero-order valence-corrected chi connectivity index (χ0v) is 18.1. The Bertz CT molecular complexity index is 930. The molecule has 0 saturated heterocycles. The van der Waals surface area contributed by atoms with Crippen molar-refractivity contribution in [3.05, 3.63) is 34.9 Å². The van der Waals surface area contributed by atoms with Crippen LogP contribution in [-0.4, -0.2) is 24.5 Å². The van der Waals surface area contributed by atoms with Crippen LogP contribution >= 0.6 is 11.3 Å². The SMILES string of the molecule is CC[C@H](NS(=O)(=O)c1nnc(NC(=O)C(C)(C)C)s1)c1ccc(C)cc1C. The first kappa shape index (κ1) is 21.5. The third kappa shape index (κ3) is 5.33. The van der Waals surface area contributed by atoms with Crippen LogP contribution in [0.5, 0.6) is 0 Å². The predicted octanol–water partition coefficient (Wildman–Crippen LogP) is 3.57. The summed E-state index contributed by atoms with van der Waals surface area (Å²) in [5.74, 6) is -0.253. The number of anilines is 1. The van der Waals surface area contributed by atoms with E-state index in [4.69, 9.17) is 0 Å². The summed E-state index contributed by atoms with van der Waals surface area (Å²) in [7, 11) is -3.85. The molecule has 0 aliphatic carbocycles. The number of nitrogens with zero attached hydrogens (tertiary/aromatic N) is 2. The van der Waals surface area contributed by atoms with Gasteiger partial charge in [-0.05, 0) is 31.4 Å². The quantitative estimate of drug-likeness (QED) is 0.709. The zero-order chi connectivity index (χ0) is 20.4. The van der Waals surface area contributed by atoms with Gasteiger partial charge in [-0.1, -0.05) is 62.8 Å². The van der Waals surface area contributed by atoms with Crippen molar-refractivity contribution < 1.29 is 13.2 Å². The van der Waals surface area contributed by atoms with Crippen molar-refractivity contribution in [2.24, 2.45) is 5.41 Å². The first-order valence-corrected chi connectivity index (χ1v) is 11.0. The third-order valence-corrected chi connectivity index (χ3v) is 6.72. The molecular formula is C18H26N4O3S2. The maximum absolute atomic E-state index is 12.7. The summed E-state index contributed by atoms with van der Waals surface area (Å²) in [6, 6.07) is 5.56. The van der Waals surface area contributed by atoms with Crippen molar-refractivity contribution in [1.29, 1.82) is 0 Å². The van der Waals surface area contributed by atoms with E-state index in [-0.39, 0.29) is 21.4 Å². The number of rotatable bonds is 6. The second kappa shape index (κ2) is 8.04. The average Bonchev–Trinajstić information content (AvgIpc) is 3.01. The number of carbonyl (C=O) groups excluding carboxylic acids is 1. The lowest BCUT2D eigenvalue weighted by Gasteiger charge is -2.19. The molecule has 0 bridgehead atoms. The molecule has 0 aliphatic heterocycles. The monoisotopic (exact) mass is 410 g/mol. The van der Waals surface area contributed by atoms with Gasteiger partial charge in [-0.15, -0.1) is 10.2 Å². The van der Waals surface area contributed by atoms with E-state index in [1.54, 1.807) is 20.8 Å². The summed E-state index contributed by atoms with van der Waals surface area (Å²) in [6.45, 7) is 11.2. The predicted molar refractivity (Wildman–Crippen MR) is 107 cm³/mol. The molecule has 0 fully saturated rings. The molecule has 0 radical (unpaired) electrons. The molecule has 1 aromatic carbocycles. The molecule has 2 rings (SSSR count). The number of nitrogens with one attached hydrogen (secondary N) is 2. The zero-order valence-electron chi connectivity index (χ0n) is 16.5. The summed E-state index contributed by atoms with van der Waals surface area (Å²) in [6.07, 6.45) is 0.593. The number of sulfonamides is 1. The van der Waals surface area contributed by atoms with Gasteiger partial charge in [0.05, 0.1) is 0 Å². The van der Waals surface area contributed by atoms with Gasteiger partial charge in [0, 0.05) is 11.5 Å². The van der Waals surface area contributed by atoms with Crippen LogP contribution in [0.1, 0.15) is 56.8 Å². The van der Waals surface area contributed by atoms with E-state index in [9.17, 15) is 13.2 Å². The Labute approximate surface area is 164 Å². The summed E-state index contributed by atoms with van der Waals surface area (Å²) in [5, 5.41) is 10.3. The lowest BCUT2D eigenvalue weighted by atomic mass is 9.96. The molecule has 1 aromatic heterocycles. The largest absolute Gasteiger partial charge is 0.300 e. The van der Waals surface area contributed by atoms with E-state index in [2.05, 4.69) is 20.2 Å². The number of aryl methyl sites for hydroxylation is 2. The number of aromatic nitrogens is 2. The minimum atomic E-state index is -3.85. The van der Waals surface area contributed by atoms with E-state index >= 15 is 0 Å². The highest BCUT2D eigenvalue weighted by atomic mass is 32.2. The van der Waals surface area contributed by atoms with Gasteiger partial charge in [0.15, 0.2) is 0 Å². The molecule has 0 spiro atoms. The first-order chi connectivity index (χ1) is 12.4. The minimum absolute atomic E-state index is 0.162. The van der Waals surface area contributed by atoms with Gasteiger partial charge >= 0.3 is 0 Å². The summed E-state index contributed by atoms with van der Waals surface area (Å²) < 4.78 is 28.0. The molecule has 0 unspecified atom stereocenters. The first-order valence-electron chi connectivity index (χ1n) is 8.68. The highest BCUT2D eigenvalue weighted by Gasteiger charge is 2.27. The topological polar surface area (TPSA) is 101 Å². The molecule has 2 N–H and O–H groups in total. The Morgan fingerprint density at radius 3 is 2.44 bits per heavy atom. The minimum Gasteiger partial charge on any atom is -0.300 e. The van der Waals surface area contributed by atoms with Gasteiger partial charge in [-0.2, -0.15) is 0 Å². The fourth-order valence-corrected chi connectivity index (χ4v) is 4.68. The second-order valence-corrected chi connectivity index (χ2v) is 10.4. The van der Waals surface area contributed by atoms with Crippen molar-refractivity contribution >= 4 is 32.4 Å². The van der Waals surface area contributed by atoms with Gasteiger partial charge in [0.25, 0.3) is 10.0 Å². The van der Waals surface area contributed by atoms with E-state index in [1.807, 2.05) is 39.0 Å². The molecular weight excluding hydrogens is 384 g/mol. The van der Waals surface area contributed by atoms with E-state index in [1.165, 1.54) is 0 Å². The van der Waals surface area contributed by atoms with Gasteiger partial charge < -0.3 is 5.32 Å². The second-order valence-electron chi connectivity index (χ2n) is 7.52. The molecule has 148 valence electrons. The fourth-order valence-electron chi connectivity index (χ4n) is 2.47. The molecule has 7 nitrogen and oxygen atoms in total. The van der Waals surface area contributed by atoms with E-state index in [0.29, 0.717) is 6.42 Å². The molecule has 1 heterocycles. The van der Waals surface area contributed by atoms with Gasteiger partial charge in [0.2, 0.25) is 15.4 Å². The standard InChI is InChI=1S/C18H26N4O3S2/c1-7-14(13-9-8-11(2)10-12(13)3)22-27(24,25)17-21-20-16(26-17)19-15(23)18(4,5)6/h8-10,14,22H,7H2,1-6H3,(H,19,20,23)/t14-/m0/s1. The van der Waals surface area contributed by atoms with Gasteiger partial charge in [-0.25, -0.2) is 13.1 Å². The molecule has 1 atom stereocenters. The average molecular weight is 411 g/mol. The maximum atomic E-state index is 12.7. The van der Waals surface area contributed by atoms with Crippen LogP contribution in [0.4, 0.5) is 5.13 Å². The van der Waals surface area contributed by atoms with Crippen molar-refractivity contribution in [3.8, 4) is 0 Å². The molecule has 9 heteroatoms. The van der Waals surface area contributed by atoms with Crippen LogP contribution in [0, 0.1) is 19.3 Å². The van der Waals surface area contributed by atoms with E-state index in [0.717, 1.165) is 28.0 Å². The number of hydrogen-bond acceptors (Lipinski definition) is 6. The highest BCUT2D eigenvalue weighted by molar-refractivity contribution is 7.91. The van der Waals surface area contributed by atoms with Crippen molar-refractivity contribution in [2.45, 2.75) is 58.3 Å². The number of hydrogen-bond donors (Lipinski definition) is 2. The van der Waals surface area contributed by atoms with Crippen LogP contribution in [0.25, 0.3) is 0 Å². The van der Waals surface area contributed by atoms with Crippen LogP contribution in [0.15, 0.2) is 22.5 Å². The number of amides is 1. The Kier molecular flexibility index (Phi) is 6.39. The summed E-state index contributed by atoms with van der Waals surface area (Å²) in [5.41, 5.74) is 2.47. The Morgan fingerprint density at radius 2 is 1.89 bits per heavy atom. The molecule has 1 amide bonds. The summed E-state index contributed by atoms with van der Waals surface area (Å²) >= 11 is 0.834. The van der Waals surface area contributed by atoms with Crippen LogP contribution in [0.3, 0.4) is 0 Å². The molecule has 27 heavy (non-hydrogen) atoms. The molecule has 2 aromatic rings. The smallest absolute Gasteiger partial charge is 0.270 e. The Balaban J connectivity index is 2.21. The Hall–Kier alpha value is -1.84. The summed E-state index contributed by atoms with van der Waals surface area (Å²) in [4.78, 5) is 12.0. The van der Waals surface area contributed by atoms with Gasteiger partial charge in [-0.3, -0.25) is 4.79 Å². The van der Waals surface area contributed by atoms with Crippen LogP contribution in [0.2, 0.25) is 0 Å². The fraction of sp³-hybridized carbons (Fsp3) is 0.500. The van der Waals surface area contributed by atoms with Gasteiger partial charge in [0.1, 0.15) is 0 Å². The lowest BCUT2D eigenvalue weighted by Crippen LogP contribution is -2.28. The van der Waals surface area contributed by atoms with Crippen LogP contribution < -0.4 is 10.0 Å². The lowest BCUT2D eigenvalue weighted by molar-refractivity contribution is -0.123. The normalized spacial score (nSPS) is 13.4. The molecule has 0 saturated carbocycles. The van der Waals surface area contributed by atoms with Crippen molar-refractivity contribution in [2.75, 3.05) is 5.32 Å². The van der Waals surface area contributed by atoms with Crippen molar-refractivity contribution in [3.63, 3.8) is 0 Å². The highest BCUT2D eigenvalue weighted by Crippen LogP contribution is 2.27. The van der Waals surface area contributed by atoms with E-state index < -0.39 is 15.4 Å². The third-order valence-electron chi connectivity index (χ3n) is 4.04. The Morgan fingerprint density at radius 1 is 1.22 bits per heavy atom. The number of benzene rings is 1. The molecule has 0 aliphatic rings. The maximum Gasteiger partial charge on any atom is 0.270 e. The van der Waals surface area contributed by atoms with Crippen molar-refractivity contribution in [1.82, 2.24) is 14.9 Å². The van der Waals surface area contributed by atoms with Crippen LogP contribution in [-0.2, 0) is 14.8 Å².